The highest BCUT2D eigenvalue weighted by molar-refractivity contribution is 6.32. The van der Waals surface area contributed by atoms with Crippen LogP contribution in [0, 0.1) is 6.92 Å². The lowest BCUT2D eigenvalue weighted by Gasteiger charge is -2.21. The van der Waals surface area contributed by atoms with Crippen LogP contribution >= 0.6 is 11.6 Å². The molecule has 1 aromatic heterocycles. The number of para-hydroxylation sites is 1. The average Bonchev–Trinajstić information content (AvgIpc) is 3.07. The van der Waals surface area contributed by atoms with Crippen LogP contribution in [0.15, 0.2) is 54.6 Å². The Morgan fingerprint density at radius 3 is 2.52 bits per heavy atom. The number of nitrogens with two attached hydrogens (primary N) is 1. The van der Waals surface area contributed by atoms with Gasteiger partial charge in [0.25, 0.3) is 5.91 Å². The third-order valence-corrected chi connectivity index (χ3v) is 4.70. The van der Waals surface area contributed by atoms with Gasteiger partial charge in [-0.3, -0.25) is 4.79 Å². The lowest BCUT2D eigenvalue weighted by molar-refractivity contribution is 0.0755. The number of hydrogen-bond acceptors (Lipinski definition) is 4. The maximum atomic E-state index is 13.0. The molecule has 1 heterocycles. The van der Waals surface area contributed by atoms with Crippen LogP contribution in [0.25, 0.3) is 5.69 Å². The van der Waals surface area contributed by atoms with Gasteiger partial charge in [0.05, 0.1) is 16.4 Å². The molecule has 6 nitrogen and oxygen atoms in total. The van der Waals surface area contributed by atoms with Crippen LogP contribution in [-0.2, 0) is 6.42 Å². The minimum absolute atomic E-state index is 0.174. The minimum atomic E-state index is -0.174. The zero-order valence-corrected chi connectivity index (χ0v) is 15.9. The number of carbonyl (C=O) groups is 1. The van der Waals surface area contributed by atoms with Crippen molar-refractivity contribution in [3.05, 3.63) is 76.6 Å². The molecule has 0 fully saturated rings. The van der Waals surface area contributed by atoms with E-state index in [1.165, 1.54) is 5.56 Å². The molecular weight excluding hydrogens is 362 g/mol. The smallest absolute Gasteiger partial charge is 0.276 e. The van der Waals surface area contributed by atoms with E-state index in [2.05, 4.69) is 10.3 Å². The van der Waals surface area contributed by atoms with Crippen LogP contribution in [0.5, 0.6) is 0 Å². The summed E-state index contributed by atoms with van der Waals surface area (Å²) >= 11 is 6.25. The maximum Gasteiger partial charge on any atom is 0.276 e. The number of halogens is 1. The summed E-state index contributed by atoms with van der Waals surface area (Å²) < 4.78 is 1.59. The molecule has 0 aliphatic heterocycles. The van der Waals surface area contributed by atoms with Gasteiger partial charge >= 0.3 is 0 Å². The molecule has 0 unspecified atom stereocenters. The van der Waals surface area contributed by atoms with Gasteiger partial charge in [-0.1, -0.05) is 59.3 Å². The zero-order valence-electron chi connectivity index (χ0n) is 15.2. The van der Waals surface area contributed by atoms with E-state index in [4.69, 9.17) is 17.3 Å². The second-order valence-electron chi connectivity index (χ2n) is 6.20. The van der Waals surface area contributed by atoms with E-state index in [1.54, 1.807) is 15.6 Å². The van der Waals surface area contributed by atoms with Crippen molar-refractivity contribution >= 4 is 17.5 Å². The Bertz CT molecular complexity index is 910. The molecule has 0 aliphatic rings. The van der Waals surface area contributed by atoms with Gasteiger partial charge in [0, 0.05) is 19.6 Å². The number of nitrogens with zero attached hydrogens (tertiary/aromatic N) is 4. The van der Waals surface area contributed by atoms with Gasteiger partial charge in [0.1, 0.15) is 0 Å². The number of carbonyl (C=O) groups excluding carboxylic acids is 1. The van der Waals surface area contributed by atoms with Crippen molar-refractivity contribution in [2.24, 2.45) is 5.73 Å². The lowest BCUT2D eigenvalue weighted by Crippen LogP contribution is -2.37. The van der Waals surface area contributed by atoms with Crippen molar-refractivity contribution < 1.29 is 4.79 Å². The molecule has 2 aromatic carbocycles. The molecule has 0 spiro atoms. The molecule has 27 heavy (non-hydrogen) atoms. The summed E-state index contributed by atoms with van der Waals surface area (Å²) in [4.78, 5) is 14.8. The number of amides is 1. The molecule has 3 rings (SSSR count). The van der Waals surface area contributed by atoms with Crippen molar-refractivity contribution in [3.63, 3.8) is 0 Å². The average molecular weight is 384 g/mol. The fourth-order valence-electron chi connectivity index (χ4n) is 2.91. The second kappa shape index (κ2) is 8.79. The van der Waals surface area contributed by atoms with Crippen molar-refractivity contribution in [3.8, 4) is 5.69 Å². The van der Waals surface area contributed by atoms with Crippen molar-refractivity contribution in [2.75, 3.05) is 19.6 Å². The third kappa shape index (κ3) is 4.35. The number of hydrogen-bond donors (Lipinski definition) is 1. The fraction of sp³-hybridized carbons (Fsp3) is 0.250. The van der Waals surface area contributed by atoms with E-state index < -0.39 is 0 Å². The molecule has 0 atom stereocenters. The molecular formula is C20H22ClN5O. The number of rotatable bonds is 7. The Labute approximate surface area is 163 Å². The molecule has 0 bridgehead atoms. The first-order valence-corrected chi connectivity index (χ1v) is 9.20. The summed E-state index contributed by atoms with van der Waals surface area (Å²) in [6.07, 6.45) is 0.754. The third-order valence-electron chi connectivity index (χ3n) is 4.38. The van der Waals surface area contributed by atoms with Crippen LogP contribution in [0.3, 0.4) is 0 Å². The first-order valence-electron chi connectivity index (χ1n) is 8.82. The molecule has 0 aliphatic carbocycles. The van der Waals surface area contributed by atoms with Gasteiger partial charge in [-0.25, -0.2) is 4.68 Å². The van der Waals surface area contributed by atoms with Crippen molar-refractivity contribution in [2.45, 2.75) is 13.3 Å². The Kier molecular flexibility index (Phi) is 6.21. The molecule has 7 heteroatoms. The highest BCUT2D eigenvalue weighted by atomic mass is 35.5. The van der Waals surface area contributed by atoms with E-state index in [0.717, 1.165) is 6.42 Å². The fourth-order valence-corrected chi connectivity index (χ4v) is 3.12. The monoisotopic (exact) mass is 383 g/mol. The number of aromatic nitrogens is 3. The molecule has 2 N–H and O–H groups in total. The maximum absolute atomic E-state index is 13.0. The largest absolute Gasteiger partial charge is 0.336 e. The van der Waals surface area contributed by atoms with Gasteiger partial charge in [-0.05, 0) is 31.0 Å². The van der Waals surface area contributed by atoms with Gasteiger partial charge < -0.3 is 10.6 Å². The van der Waals surface area contributed by atoms with Crippen LogP contribution in [0.4, 0.5) is 0 Å². The van der Waals surface area contributed by atoms with E-state index in [-0.39, 0.29) is 5.91 Å². The molecule has 140 valence electrons. The van der Waals surface area contributed by atoms with Crippen LogP contribution in [0.2, 0.25) is 5.02 Å². The Morgan fingerprint density at radius 2 is 1.81 bits per heavy atom. The van der Waals surface area contributed by atoms with Crippen LogP contribution in [0.1, 0.15) is 21.7 Å². The summed E-state index contributed by atoms with van der Waals surface area (Å²) in [6.45, 7) is 3.23. The summed E-state index contributed by atoms with van der Waals surface area (Å²) in [7, 11) is 0. The van der Waals surface area contributed by atoms with E-state index in [1.807, 2.05) is 55.5 Å². The SMILES string of the molecule is Cc1c(C(=O)N(CCN)CCc2ccccc2)nnn1-c1ccccc1Cl. The Balaban J connectivity index is 1.81. The highest BCUT2D eigenvalue weighted by Crippen LogP contribution is 2.21. The molecule has 0 saturated carbocycles. The van der Waals surface area contributed by atoms with Gasteiger partial charge in [0.15, 0.2) is 5.69 Å². The lowest BCUT2D eigenvalue weighted by atomic mass is 10.1. The summed E-state index contributed by atoms with van der Waals surface area (Å²) in [5.41, 5.74) is 8.54. The number of benzene rings is 2. The predicted molar refractivity (Wildman–Crippen MR) is 106 cm³/mol. The molecule has 0 radical (unpaired) electrons. The molecule has 0 saturated heterocycles. The molecule has 1 amide bonds. The topological polar surface area (TPSA) is 77.0 Å². The standard InChI is InChI=1S/C20H22ClN5O/c1-15-19(23-24-26(15)18-10-6-5-9-17(18)21)20(27)25(14-12-22)13-11-16-7-3-2-4-8-16/h2-10H,11-14,22H2,1H3. The first kappa shape index (κ1) is 19.1. The Morgan fingerprint density at radius 1 is 1.11 bits per heavy atom. The van der Waals surface area contributed by atoms with Gasteiger partial charge in [-0.2, -0.15) is 0 Å². The van der Waals surface area contributed by atoms with Gasteiger partial charge in [-0.15, -0.1) is 5.10 Å². The van der Waals surface area contributed by atoms with Crippen molar-refractivity contribution in [1.29, 1.82) is 0 Å². The van der Waals surface area contributed by atoms with E-state index in [9.17, 15) is 4.79 Å². The highest BCUT2D eigenvalue weighted by Gasteiger charge is 2.23. The first-order chi connectivity index (χ1) is 13.1. The summed E-state index contributed by atoms with van der Waals surface area (Å²) in [5, 5.41) is 8.79. The minimum Gasteiger partial charge on any atom is -0.336 e. The van der Waals surface area contributed by atoms with Gasteiger partial charge in [0.2, 0.25) is 0 Å². The van der Waals surface area contributed by atoms with Crippen LogP contribution < -0.4 is 5.73 Å². The zero-order chi connectivity index (χ0) is 19.2. The van der Waals surface area contributed by atoms with Crippen LogP contribution in [-0.4, -0.2) is 45.4 Å². The second-order valence-corrected chi connectivity index (χ2v) is 6.61. The summed E-state index contributed by atoms with van der Waals surface area (Å²) in [5.74, 6) is -0.174. The normalized spacial score (nSPS) is 10.8. The Hall–Kier alpha value is -2.70. The quantitative estimate of drug-likeness (QED) is 0.680. The van der Waals surface area contributed by atoms with E-state index in [0.29, 0.717) is 41.7 Å². The molecule has 3 aromatic rings. The predicted octanol–water partition coefficient (Wildman–Crippen LogP) is 2.87. The van der Waals surface area contributed by atoms with E-state index >= 15 is 0 Å². The van der Waals surface area contributed by atoms with Crippen molar-refractivity contribution in [1.82, 2.24) is 19.9 Å². The summed E-state index contributed by atoms with van der Waals surface area (Å²) in [6, 6.07) is 17.4.